The molecule has 1 amide bonds. The molecule has 1 unspecified atom stereocenters. The number of piperidine rings is 1. The van der Waals surface area contributed by atoms with Crippen molar-refractivity contribution in [2.75, 3.05) is 20.1 Å². The van der Waals surface area contributed by atoms with E-state index >= 15 is 0 Å². The van der Waals surface area contributed by atoms with Gasteiger partial charge in [-0.1, -0.05) is 0 Å². The first kappa shape index (κ1) is 18.1. The Morgan fingerprint density at radius 1 is 1.20 bits per heavy atom. The van der Waals surface area contributed by atoms with Gasteiger partial charge in [0.1, 0.15) is 11.5 Å². The Labute approximate surface area is 150 Å². The van der Waals surface area contributed by atoms with Gasteiger partial charge in [0, 0.05) is 18.0 Å². The second-order valence-corrected chi connectivity index (χ2v) is 7.92. The van der Waals surface area contributed by atoms with Crippen molar-refractivity contribution in [3.63, 3.8) is 0 Å². The van der Waals surface area contributed by atoms with Gasteiger partial charge >= 0.3 is 0 Å². The molecular weight excluding hydrogens is 316 g/mol. The highest BCUT2D eigenvalue weighted by Gasteiger charge is 2.41. The Kier molecular flexibility index (Phi) is 4.71. The van der Waals surface area contributed by atoms with Crippen molar-refractivity contribution in [1.82, 2.24) is 10.2 Å². The molecule has 1 aromatic rings. The number of aromatic hydroxyl groups is 1. The molecule has 0 aliphatic carbocycles. The average Bonchev–Trinajstić information content (AvgIpc) is 2.60. The molecule has 25 heavy (non-hydrogen) atoms. The SMILES string of the molecule is Cc1c(C)c2c(c(C)c1O)CCC(C)(C(=O)NC1CCN(C)CC1)O2. The number of likely N-dealkylation sites (tertiary alicyclic amines) is 1. The van der Waals surface area contributed by atoms with Crippen LogP contribution in [-0.4, -0.2) is 47.7 Å². The number of ether oxygens (including phenoxy) is 1. The standard InChI is InChI=1S/C20H30N2O3/c1-12-13(2)18-16(14(3)17(12)23)6-9-20(4,25-18)19(24)21-15-7-10-22(5)11-8-15/h15,23H,6-11H2,1-5H3,(H,21,24). The third kappa shape index (κ3) is 3.22. The number of nitrogens with one attached hydrogen (secondary N) is 1. The van der Waals surface area contributed by atoms with Crippen LogP contribution in [0.25, 0.3) is 0 Å². The maximum atomic E-state index is 12.9. The summed E-state index contributed by atoms with van der Waals surface area (Å²) in [6, 6.07) is 0.231. The smallest absolute Gasteiger partial charge is 0.264 e. The maximum absolute atomic E-state index is 12.9. The molecule has 2 aliphatic heterocycles. The average molecular weight is 346 g/mol. The summed E-state index contributed by atoms with van der Waals surface area (Å²) in [5, 5.41) is 13.5. The van der Waals surface area contributed by atoms with Crippen molar-refractivity contribution >= 4 is 5.91 Å². The van der Waals surface area contributed by atoms with Gasteiger partial charge in [-0.3, -0.25) is 4.79 Å². The van der Waals surface area contributed by atoms with E-state index in [1.165, 1.54) is 0 Å². The van der Waals surface area contributed by atoms with Crippen molar-refractivity contribution in [1.29, 1.82) is 0 Å². The van der Waals surface area contributed by atoms with Crippen molar-refractivity contribution in [2.24, 2.45) is 0 Å². The molecule has 3 rings (SSSR count). The number of amides is 1. The molecule has 2 heterocycles. The van der Waals surface area contributed by atoms with Crippen LogP contribution in [0.2, 0.25) is 0 Å². The number of carbonyl (C=O) groups excluding carboxylic acids is 1. The monoisotopic (exact) mass is 346 g/mol. The van der Waals surface area contributed by atoms with Gasteiger partial charge in [-0.25, -0.2) is 0 Å². The number of benzene rings is 1. The van der Waals surface area contributed by atoms with Gasteiger partial charge in [0.25, 0.3) is 5.91 Å². The van der Waals surface area contributed by atoms with Crippen LogP contribution in [0, 0.1) is 20.8 Å². The normalized spacial score (nSPS) is 24.5. The first-order valence-corrected chi connectivity index (χ1v) is 9.23. The molecule has 0 spiro atoms. The lowest BCUT2D eigenvalue weighted by Gasteiger charge is -2.38. The van der Waals surface area contributed by atoms with E-state index in [0.29, 0.717) is 12.2 Å². The molecule has 1 saturated heterocycles. The van der Waals surface area contributed by atoms with Crippen LogP contribution >= 0.6 is 0 Å². The predicted molar refractivity (Wildman–Crippen MR) is 98.3 cm³/mol. The van der Waals surface area contributed by atoms with E-state index in [9.17, 15) is 9.90 Å². The first-order chi connectivity index (χ1) is 11.7. The molecule has 0 aromatic heterocycles. The van der Waals surface area contributed by atoms with E-state index < -0.39 is 5.60 Å². The van der Waals surface area contributed by atoms with Gasteiger partial charge in [0.05, 0.1) is 0 Å². The van der Waals surface area contributed by atoms with Crippen molar-refractivity contribution in [3.05, 3.63) is 22.3 Å². The third-order valence-electron chi connectivity index (χ3n) is 6.05. The molecule has 5 nitrogen and oxygen atoms in total. The minimum Gasteiger partial charge on any atom is -0.507 e. The first-order valence-electron chi connectivity index (χ1n) is 9.23. The van der Waals surface area contributed by atoms with E-state index in [4.69, 9.17) is 4.74 Å². The van der Waals surface area contributed by atoms with Crippen LogP contribution in [0.4, 0.5) is 0 Å². The Morgan fingerprint density at radius 2 is 1.84 bits per heavy atom. The molecule has 0 radical (unpaired) electrons. The number of phenolic OH excluding ortho intramolecular Hbond substituents is 1. The van der Waals surface area contributed by atoms with Crippen molar-refractivity contribution in [2.45, 2.75) is 65.0 Å². The molecule has 2 aliphatic rings. The van der Waals surface area contributed by atoms with E-state index in [1.807, 2.05) is 27.7 Å². The topological polar surface area (TPSA) is 61.8 Å². The second kappa shape index (κ2) is 6.52. The van der Waals surface area contributed by atoms with Crippen LogP contribution in [0.15, 0.2) is 0 Å². The zero-order valence-electron chi connectivity index (χ0n) is 16.0. The summed E-state index contributed by atoms with van der Waals surface area (Å²) in [4.78, 5) is 15.2. The molecule has 0 bridgehead atoms. The largest absolute Gasteiger partial charge is 0.507 e. The van der Waals surface area contributed by atoms with Gasteiger partial charge in [0.15, 0.2) is 5.60 Å². The number of hydrogen-bond donors (Lipinski definition) is 2. The van der Waals surface area contributed by atoms with E-state index in [0.717, 1.165) is 60.4 Å². The summed E-state index contributed by atoms with van der Waals surface area (Å²) < 4.78 is 6.26. The highest BCUT2D eigenvalue weighted by Crippen LogP contribution is 2.43. The number of rotatable bonds is 2. The lowest BCUT2D eigenvalue weighted by molar-refractivity contribution is -0.138. The lowest BCUT2D eigenvalue weighted by atomic mass is 9.86. The number of carbonyl (C=O) groups is 1. The summed E-state index contributed by atoms with van der Waals surface area (Å²) >= 11 is 0. The van der Waals surface area contributed by atoms with E-state index in [1.54, 1.807) is 0 Å². The Bertz CT molecular complexity index is 693. The molecule has 0 saturated carbocycles. The van der Waals surface area contributed by atoms with Crippen LogP contribution in [0.3, 0.4) is 0 Å². The minimum absolute atomic E-state index is 0.0181. The quantitative estimate of drug-likeness (QED) is 0.864. The van der Waals surface area contributed by atoms with Gasteiger partial charge in [-0.05, 0) is 83.8 Å². The molecule has 2 N–H and O–H groups in total. The summed E-state index contributed by atoms with van der Waals surface area (Å²) in [5.41, 5.74) is 2.81. The molecule has 1 aromatic carbocycles. The highest BCUT2D eigenvalue weighted by atomic mass is 16.5. The lowest BCUT2D eigenvalue weighted by Crippen LogP contribution is -2.55. The van der Waals surface area contributed by atoms with Gasteiger partial charge in [-0.15, -0.1) is 0 Å². The molecule has 138 valence electrons. The van der Waals surface area contributed by atoms with Crippen LogP contribution in [0.5, 0.6) is 11.5 Å². The summed E-state index contributed by atoms with van der Waals surface area (Å²) in [6.07, 6.45) is 3.34. The number of nitrogens with zero attached hydrogens (tertiary/aromatic N) is 1. The van der Waals surface area contributed by atoms with E-state index in [2.05, 4.69) is 17.3 Å². The fraction of sp³-hybridized carbons (Fsp3) is 0.650. The highest BCUT2D eigenvalue weighted by molar-refractivity contribution is 5.86. The molecule has 5 heteroatoms. The number of phenols is 1. The van der Waals surface area contributed by atoms with Crippen molar-refractivity contribution in [3.8, 4) is 11.5 Å². The fourth-order valence-electron chi connectivity index (χ4n) is 3.90. The zero-order chi connectivity index (χ0) is 18.4. The second-order valence-electron chi connectivity index (χ2n) is 7.92. The fourth-order valence-corrected chi connectivity index (χ4v) is 3.90. The number of fused-ring (bicyclic) bond motifs is 1. The minimum atomic E-state index is -0.850. The third-order valence-corrected chi connectivity index (χ3v) is 6.05. The van der Waals surface area contributed by atoms with Crippen LogP contribution in [0.1, 0.15) is 48.4 Å². The van der Waals surface area contributed by atoms with Crippen LogP contribution < -0.4 is 10.1 Å². The van der Waals surface area contributed by atoms with Crippen LogP contribution in [-0.2, 0) is 11.2 Å². The maximum Gasteiger partial charge on any atom is 0.264 e. The van der Waals surface area contributed by atoms with Gasteiger partial charge in [0.2, 0.25) is 0 Å². The molecule has 1 atom stereocenters. The van der Waals surface area contributed by atoms with E-state index in [-0.39, 0.29) is 11.9 Å². The Morgan fingerprint density at radius 3 is 2.48 bits per heavy atom. The zero-order valence-corrected chi connectivity index (χ0v) is 16.0. The predicted octanol–water partition coefficient (Wildman–Crippen LogP) is 2.61. The Balaban J connectivity index is 1.80. The van der Waals surface area contributed by atoms with Gasteiger partial charge in [-0.2, -0.15) is 0 Å². The summed E-state index contributed by atoms with van der Waals surface area (Å²) in [5.74, 6) is 1.11. The summed E-state index contributed by atoms with van der Waals surface area (Å²) in [7, 11) is 2.11. The summed E-state index contributed by atoms with van der Waals surface area (Å²) in [6.45, 7) is 9.69. The molecule has 1 fully saturated rings. The molecular formula is C20H30N2O3. The van der Waals surface area contributed by atoms with Crippen molar-refractivity contribution < 1.29 is 14.6 Å². The number of hydrogen-bond acceptors (Lipinski definition) is 4. The Hall–Kier alpha value is -1.75. The van der Waals surface area contributed by atoms with Gasteiger partial charge < -0.3 is 20.1 Å².